The summed E-state index contributed by atoms with van der Waals surface area (Å²) in [4.78, 5) is 4.85. The van der Waals surface area contributed by atoms with Gasteiger partial charge in [0.1, 0.15) is 5.82 Å². The molecule has 5 nitrogen and oxygen atoms in total. The Morgan fingerprint density at radius 3 is 2.91 bits per heavy atom. The smallest absolute Gasteiger partial charge is 0.157 e. The summed E-state index contributed by atoms with van der Waals surface area (Å²) in [6.45, 7) is 2.27. The number of fused-ring (bicyclic) bond motifs is 1. The number of aromatic nitrogens is 3. The summed E-state index contributed by atoms with van der Waals surface area (Å²) in [5.74, 6) is 2.49. The topological polar surface area (TPSA) is 68.2 Å². The van der Waals surface area contributed by atoms with Gasteiger partial charge < -0.3 is 11.1 Å². The molecule has 0 saturated heterocycles. The molecular formula is C17H25N5. The summed E-state index contributed by atoms with van der Waals surface area (Å²) in [6, 6.07) is 5.01. The van der Waals surface area contributed by atoms with Gasteiger partial charge in [-0.25, -0.2) is 4.98 Å². The van der Waals surface area contributed by atoms with Crippen molar-refractivity contribution >= 4 is 11.5 Å². The summed E-state index contributed by atoms with van der Waals surface area (Å²) < 4.78 is 1.92. The molecule has 0 aromatic carbocycles. The third kappa shape index (κ3) is 2.58. The van der Waals surface area contributed by atoms with Crippen molar-refractivity contribution in [1.82, 2.24) is 14.6 Å². The van der Waals surface area contributed by atoms with Crippen LogP contribution in [0.15, 0.2) is 18.3 Å². The van der Waals surface area contributed by atoms with Gasteiger partial charge in [0.15, 0.2) is 5.65 Å². The van der Waals surface area contributed by atoms with Crippen molar-refractivity contribution in [3.05, 3.63) is 24.0 Å². The highest BCUT2D eigenvalue weighted by Gasteiger charge is 2.32. The second-order valence-corrected chi connectivity index (χ2v) is 6.93. The van der Waals surface area contributed by atoms with Gasteiger partial charge in [-0.1, -0.05) is 6.92 Å². The van der Waals surface area contributed by atoms with Crippen molar-refractivity contribution in [2.24, 2.45) is 11.7 Å². The molecule has 2 saturated carbocycles. The van der Waals surface area contributed by atoms with E-state index in [1.807, 2.05) is 16.8 Å². The molecule has 0 radical (unpaired) electrons. The molecule has 0 amide bonds. The summed E-state index contributed by atoms with van der Waals surface area (Å²) >= 11 is 0. The van der Waals surface area contributed by atoms with Gasteiger partial charge >= 0.3 is 0 Å². The predicted molar refractivity (Wildman–Crippen MR) is 88.0 cm³/mol. The van der Waals surface area contributed by atoms with Gasteiger partial charge in [0, 0.05) is 35.8 Å². The number of anilines is 1. The zero-order chi connectivity index (χ0) is 15.1. The molecule has 22 heavy (non-hydrogen) atoms. The van der Waals surface area contributed by atoms with Gasteiger partial charge in [-0.05, 0) is 44.4 Å². The molecule has 5 heteroatoms. The molecule has 2 aliphatic carbocycles. The quantitative estimate of drug-likeness (QED) is 0.890. The second-order valence-electron chi connectivity index (χ2n) is 6.93. The molecule has 0 unspecified atom stereocenters. The van der Waals surface area contributed by atoms with Gasteiger partial charge in [0.05, 0.1) is 6.20 Å². The van der Waals surface area contributed by atoms with E-state index in [0.29, 0.717) is 18.0 Å². The SMILES string of the molecule is CC[C@@H](c1cc(N[C@H]2CC[C@H](N)C2)n2nccc2n1)C1CC1. The maximum absolute atomic E-state index is 6.04. The van der Waals surface area contributed by atoms with E-state index < -0.39 is 0 Å². The normalized spacial score (nSPS) is 26.5. The van der Waals surface area contributed by atoms with Crippen LogP contribution in [-0.2, 0) is 0 Å². The van der Waals surface area contributed by atoms with Gasteiger partial charge in [0.2, 0.25) is 0 Å². The zero-order valence-corrected chi connectivity index (χ0v) is 13.2. The largest absolute Gasteiger partial charge is 0.367 e. The fourth-order valence-electron chi connectivity index (χ4n) is 3.86. The number of rotatable bonds is 5. The van der Waals surface area contributed by atoms with Crippen LogP contribution in [0.2, 0.25) is 0 Å². The third-order valence-electron chi connectivity index (χ3n) is 5.22. The van der Waals surface area contributed by atoms with Gasteiger partial charge in [-0.3, -0.25) is 0 Å². The Balaban J connectivity index is 1.67. The van der Waals surface area contributed by atoms with Gasteiger partial charge in [0.25, 0.3) is 0 Å². The van der Waals surface area contributed by atoms with E-state index in [-0.39, 0.29) is 0 Å². The molecule has 2 aromatic rings. The molecule has 2 fully saturated rings. The molecule has 3 atom stereocenters. The molecule has 2 aliphatic rings. The molecule has 4 rings (SSSR count). The highest BCUT2D eigenvalue weighted by atomic mass is 15.3. The molecule has 3 N–H and O–H groups in total. The number of nitrogens with one attached hydrogen (secondary N) is 1. The van der Waals surface area contributed by atoms with Crippen molar-refractivity contribution in [2.75, 3.05) is 5.32 Å². The lowest BCUT2D eigenvalue weighted by atomic mass is 9.96. The van der Waals surface area contributed by atoms with E-state index in [1.54, 1.807) is 0 Å². The first-order valence-corrected chi connectivity index (χ1v) is 8.61. The molecule has 2 heterocycles. The van der Waals surface area contributed by atoms with Crippen LogP contribution in [0.25, 0.3) is 5.65 Å². The standard InChI is InChI=1S/C17H25N5/c1-2-14(11-3-4-11)15-10-17(20-13-6-5-12(18)9-13)22-16(21-15)7-8-19-22/h7-8,10-14,20H,2-6,9,18H2,1H3/t12-,13-,14+/m0/s1. The average molecular weight is 299 g/mol. The maximum atomic E-state index is 6.04. The lowest BCUT2D eigenvalue weighted by Gasteiger charge is -2.19. The summed E-state index contributed by atoms with van der Waals surface area (Å²) in [5, 5.41) is 8.09. The van der Waals surface area contributed by atoms with Crippen molar-refractivity contribution in [2.45, 2.75) is 63.5 Å². The van der Waals surface area contributed by atoms with Crippen molar-refractivity contribution in [1.29, 1.82) is 0 Å². The molecule has 0 spiro atoms. The van der Waals surface area contributed by atoms with Gasteiger partial charge in [-0.15, -0.1) is 0 Å². The lowest BCUT2D eigenvalue weighted by Crippen LogP contribution is -2.22. The Hall–Kier alpha value is -1.62. The summed E-state index contributed by atoms with van der Waals surface area (Å²) in [7, 11) is 0. The Morgan fingerprint density at radius 2 is 2.23 bits per heavy atom. The zero-order valence-electron chi connectivity index (χ0n) is 13.2. The summed E-state index contributed by atoms with van der Waals surface area (Å²) in [6.07, 6.45) is 8.99. The van der Waals surface area contributed by atoms with Crippen LogP contribution in [0.3, 0.4) is 0 Å². The number of nitrogens with zero attached hydrogens (tertiary/aromatic N) is 3. The first-order chi connectivity index (χ1) is 10.7. The van der Waals surface area contributed by atoms with Crippen molar-refractivity contribution < 1.29 is 0 Å². The number of nitrogens with two attached hydrogens (primary N) is 1. The van der Waals surface area contributed by atoms with E-state index >= 15 is 0 Å². The monoisotopic (exact) mass is 299 g/mol. The average Bonchev–Trinajstić information content (AvgIpc) is 3.06. The number of hydrogen-bond acceptors (Lipinski definition) is 4. The Bertz CT molecular complexity index is 660. The van der Waals surface area contributed by atoms with Crippen LogP contribution in [-0.4, -0.2) is 26.7 Å². The highest BCUT2D eigenvalue weighted by Crippen LogP contribution is 2.44. The first kappa shape index (κ1) is 14.0. The molecular weight excluding hydrogens is 274 g/mol. The van der Waals surface area contributed by atoms with Crippen LogP contribution in [0.5, 0.6) is 0 Å². The Labute approximate surface area is 131 Å². The minimum absolute atomic E-state index is 0.335. The van der Waals surface area contributed by atoms with E-state index in [2.05, 4.69) is 23.4 Å². The van der Waals surface area contributed by atoms with Crippen LogP contribution < -0.4 is 11.1 Å². The van der Waals surface area contributed by atoms with Crippen molar-refractivity contribution in [3.63, 3.8) is 0 Å². The van der Waals surface area contributed by atoms with Crippen molar-refractivity contribution in [3.8, 4) is 0 Å². The second kappa shape index (κ2) is 5.54. The number of hydrogen-bond donors (Lipinski definition) is 2. The Kier molecular flexibility index (Phi) is 3.53. The molecule has 0 bridgehead atoms. The fourth-order valence-corrected chi connectivity index (χ4v) is 3.86. The summed E-state index contributed by atoms with van der Waals surface area (Å²) in [5.41, 5.74) is 8.21. The van der Waals surface area contributed by atoms with Crippen LogP contribution in [0, 0.1) is 5.92 Å². The van der Waals surface area contributed by atoms with E-state index in [9.17, 15) is 0 Å². The van der Waals surface area contributed by atoms with E-state index in [4.69, 9.17) is 10.7 Å². The predicted octanol–water partition coefficient (Wildman–Crippen LogP) is 2.92. The lowest BCUT2D eigenvalue weighted by molar-refractivity contribution is 0.570. The maximum Gasteiger partial charge on any atom is 0.157 e. The first-order valence-electron chi connectivity index (χ1n) is 8.61. The third-order valence-corrected chi connectivity index (χ3v) is 5.22. The van der Waals surface area contributed by atoms with Gasteiger partial charge in [-0.2, -0.15) is 9.61 Å². The van der Waals surface area contributed by atoms with Crippen LogP contribution in [0.1, 0.15) is 57.1 Å². The minimum atomic E-state index is 0.335. The molecule has 118 valence electrons. The molecule has 2 aromatic heterocycles. The highest BCUT2D eigenvalue weighted by molar-refractivity contribution is 5.50. The fraction of sp³-hybridized carbons (Fsp3) is 0.647. The van der Waals surface area contributed by atoms with E-state index in [0.717, 1.165) is 43.1 Å². The van der Waals surface area contributed by atoms with Crippen LogP contribution in [0.4, 0.5) is 5.82 Å². The van der Waals surface area contributed by atoms with E-state index in [1.165, 1.54) is 18.5 Å². The molecule has 0 aliphatic heterocycles. The van der Waals surface area contributed by atoms with Crippen LogP contribution >= 0.6 is 0 Å². The minimum Gasteiger partial charge on any atom is -0.367 e. The Morgan fingerprint density at radius 1 is 1.36 bits per heavy atom.